The van der Waals surface area contributed by atoms with E-state index in [9.17, 15) is 14.7 Å². The second-order valence-electron chi connectivity index (χ2n) is 7.18. The van der Waals surface area contributed by atoms with E-state index in [-0.39, 0.29) is 16.8 Å². The van der Waals surface area contributed by atoms with Crippen molar-refractivity contribution in [3.05, 3.63) is 43.8 Å². The molecule has 0 atom stereocenters. The third-order valence-electron chi connectivity index (χ3n) is 5.09. The number of thiazole rings is 1. The summed E-state index contributed by atoms with van der Waals surface area (Å²) < 4.78 is 7.64. The molecule has 31 heavy (non-hydrogen) atoms. The van der Waals surface area contributed by atoms with Crippen LogP contribution in [0.4, 0.5) is 5.69 Å². The Kier molecular flexibility index (Phi) is 7.87. The normalized spacial score (nSPS) is 15.9. The van der Waals surface area contributed by atoms with E-state index < -0.39 is 11.5 Å². The van der Waals surface area contributed by atoms with Gasteiger partial charge in [0.1, 0.15) is 27.6 Å². The van der Waals surface area contributed by atoms with Crippen molar-refractivity contribution in [1.29, 1.82) is 5.26 Å². The molecule has 2 N–H and O–H groups in total. The summed E-state index contributed by atoms with van der Waals surface area (Å²) in [5.41, 5.74) is -0.0266. The standard InChI is InChI=1S/C22H26N4O4S/c1-2-26-20(27)19(31-21(26)18(14-23)22(28)29)15-24-16-7-6-8-17(13-16)30-12-11-25-9-4-3-5-10-25/h6-8,13,15,24H,2-5,9-12H2,1H3,(H,28,29)/b19-15+,21-18-. The van der Waals surface area contributed by atoms with Gasteiger partial charge in [-0.25, -0.2) is 4.79 Å². The van der Waals surface area contributed by atoms with Gasteiger partial charge in [-0.05, 0) is 45.0 Å². The number of aliphatic carboxylic acids is 1. The number of likely N-dealkylation sites (tertiary alicyclic amines) is 1. The molecule has 0 unspecified atom stereocenters. The van der Waals surface area contributed by atoms with Crippen molar-refractivity contribution in [2.75, 3.05) is 31.6 Å². The van der Waals surface area contributed by atoms with Crippen molar-refractivity contribution >= 4 is 34.8 Å². The summed E-state index contributed by atoms with van der Waals surface area (Å²) in [6.45, 7) is 5.79. The second kappa shape index (κ2) is 10.8. The molecule has 1 saturated heterocycles. The molecule has 1 aliphatic rings. The summed E-state index contributed by atoms with van der Waals surface area (Å²) in [6.07, 6.45) is 5.34. The number of carbonyl (C=O) groups is 1. The van der Waals surface area contributed by atoms with Gasteiger partial charge in [0, 0.05) is 31.0 Å². The minimum Gasteiger partial charge on any atom is -0.492 e. The number of rotatable bonds is 8. The number of benzene rings is 1. The second-order valence-corrected chi connectivity index (χ2v) is 8.21. The Labute approximate surface area is 184 Å². The van der Waals surface area contributed by atoms with Crippen molar-refractivity contribution in [1.82, 2.24) is 9.47 Å². The summed E-state index contributed by atoms with van der Waals surface area (Å²) in [7, 11) is 0. The fourth-order valence-corrected chi connectivity index (χ4v) is 4.56. The Bertz CT molecular complexity index is 1140. The van der Waals surface area contributed by atoms with Crippen LogP contribution in [0.1, 0.15) is 26.2 Å². The quantitative estimate of drug-likeness (QED) is 0.636. The highest BCUT2D eigenvalue weighted by atomic mass is 32.1. The zero-order valence-electron chi connectivity index (χ0n) is 17.5. The molecule has 2 heterocycles. The smallest absolute Gasteiger partial charge is 0.349 e. The number of hydrogen-bond donors (Lipinski definition) is 2. The van der Waals surface area contributed by atoms with Crippen LogP contribution in [-0.4, -0.2) is 46.8 Å². The van der Waals surface area contributed by atoms with E-state index in [1.54, 1.807) is 13.0 Å². The van der Waals surface area contributed by atoms with E-state index in [1.807, 2.05) is 24.3 Å². The lowest BCUT2D eigenvalue weighted by atomic mass is 10.1. The lowest BCUT2D eigenvalue weighted by Gasteiger charge is -2.26. The number of carboxylic acid groups (broad SMARTS) is 1. The Balaban J connectivity index is 1.74. The molecule has 3 rings (SSSR count). The van der Waals surface area contributed by atoms with E-state index in [0.29, 0.717) is 11.1 Å². The van der Waals surface area contributed by atoms with Crippen molar-refractivity contribution < 1.29 is 14.6 Å². The summed E-state index contributed by atoms with van der Waals surface area (Å²) in [5.74, 6) is -0.612. The Hall–Kier alpha value is -3.09. The maximum absolute atomic E-state index is 12.6. The van der Waals surface area contributed by atoms with Gasteiger partial charge in [0.2, 0.25) is 0 Å². The number of piperidine rings is 1. The third kappa shape index (κ3) is 5.75. The Morgan fingerprint density at radius 3 is 2.81 bits per heavy atom. The van der Waals surface area contributed by atoms with Crippen LogP contribution in [0, 0.1) is 11.3 Å². The molecular formula is C22H26N4O4S. The molecule has 0 spiro atoms. The maximum atomic E-state index is 12.6. The predicted octanol–water partition coefficient (Wildman–Crippen LogP) is 1.40. The number of nitrogens with one attached hydrogen (secondary N) is 1. The van der Waals surface area contributed by atoms with Gasteiger partial charge in [-0.3, -0.25) is 14.3 Å². The van der Waals surface area contributed by atoms with Crippen molar-refractivity contribution in [3.8, 4) is 11.8 Å². The summed E-state index contributed by atoms with van der Waals surface area (Å²) in [6, 6.07) is 9.12. The zero-order chi connectivity index (χ0) is 22.2. The molecule has 9 heteroatoms. The molecule has 1 aromatic carbocycles. The van der Waals surface area contributed by atoms with Crippen LogP contribution < -0.4 is 24.8 Å². The molecule has 0 bridgehead atoms. The van der Waals surface area contributed by atoms with Gasteiger partial charge in [0.05, 0.1) is 0 Å². The predicted molar refractivity (Wildman–Crippen MR) is 120 cm³/mol. The lowest BCUT2D eigenvalue weighted by Crippen LogP contribution is -2.33. The van der Waals surface area contributed by atoms with Crippen molar-refractivity contribution in [2.24, 2.45) is 0 Å². The monoisotopic (exact) mass is 442 g/mol. The number of aromatic nitrogens is 1. The zero-order valence-corrected chi connectivity index (χ0v) is 18.3. The fourth-order valence-electron chi connectivity index (χ4n) is 3.48. The van der Waals surface area contributed by atoms with Crippen molar-refractivity contribution in [3.63, 3.8) is 0 Å². The summed E-state index contributed by atoms with van der Waals surface area (Å²) in [4.78, 5) is 26.3. The number of ether oxygens (including phenoxy) is 1. The number of hydrogen-bond acceptors (Lipinski definition) is 7. The molecule has 164 valence electrons. The first-order chi connectivity index (χ1) is 15.0. The molecule has 1 fully saturated rings. The van der Waals surface area contributed by atoms with E-state index in [2.05, 4.69) is 10.2 Å². The van der Waals surface area contributed by atoms with Crippen LogP contribution in [0.25, 0.3) is 11.8 Å². The van der Waals surface area contributed by atoms with Crippen LogP contribution >= 0.6 is 11.3 Å². The highest BCUT2D eigenvalue weighted by molar-refractivity contribution is 7.07. The molecule has 1 aliphatic heterocycles. The Morgan fingerprint density at radius 2 is 2.13 bits per heavy atom. The average molecular weight is 443 g/mol. The molecular weight excluding hydrogens is 416 g/mol. The number of anilines is 1. The van der Waals surface area contributed by atoms with E-state index in [1.165, 1.54) is 30.0 Å². The van der Waals surface area contributed by atoms with Gasteiger partial charge < -0.3 is 15.2 Å². The Morgan fingerprint density at radius 1 is 1.35 bits per heavy atom. The van der Waals surface area contributed by atoms with E-state index >= 15 is 0 Å². The minimum absolute atomic E-state index is 0.144. The fraction of sp³-hybridized carbons (Fsp3) is 0.409. The molecule has 1 aromatic heterocycles. The first-order valence-electron chi connectivity index (χ1n) is 10.3. The maximum Gasteiger partial charge on any atom is 0.349 e. The number of nitriles is 1. The van der Waals surface area contributed by atoms with Crippen molar-refractivity contribution in [2.45, 2.75) is 32.7 Å². The van der Waals surface area contributed by atoms with E-state index in [0.717, 1.165) is 42.4 Å². The summed E-state index contributed by atoms with van der Waals surface area (Å²) in [5, 5.41) is 21.4. The summed E-state index contributed by atoms with van der Waals surface area (Å²) >= 11 is 0.980. The van der Waals surface area contributed by atoms with Gasteiger partial charge in [-0.2, -0.15) is 5.26 Å². The molecule has 8 nitrogen and oxygen atoms in total. The molecule has 2 aromatic rings. The number of nitrogens with zero attached hydrogens (tertiary/aromatic N) is 3. The van der Waals surface area contributed by atoms with Gasteiger partial charge in [-0.15, -0.1) is 11.3 Å². The van der Waals surface area contributed by atoms with Crippen LogP contribution in [-0.2, 0) is 11.3 Å². The third-order valence-corrected chi connectivity index (χ3v) is 6.22. The SMILES string of the molecule is CCn1c(=O)/c(=C\Nc2cccc(OCCN3CCCCC3)c2)s/c1=C(/C#N)C(=O)O. The first kappa shape index (κ1) is 22.6. The molecule has 0 amide bonds. The topological polar surface area (TPSA) is 108 Å². The average Bonchev–Trinajstić information content (AvgIpc) is 3.08. The van der Waals surface area contributed by atoms with Gasteiger partial charge >= 0.3 is 5.97 Å². The first-order valence-corrected chi connectivity index (χ1v) is 11.1. The van der Waals surface area contributed by atoms with E-state index in [4.69, 9.17) is 10.00 Å². The van der Waals surface area contributed by atoms with Crippen LogP contribution in [0.2, 0.25) is 0 Å². The van der Waals surface area contributed by atoms with Gasteiger partial charge in [-0.1, -0.05) is 12.5 Å². The highest BCUT2D eigenvalue weighted by Gasteiger charge is 2.14. The molecule has 0 saturated carbocycles. The van der Waals surface area contributed by atoms with Crippen LogP contribution in [0.5, 0.6) is 5.75 Å². The molecule has 0 aliphatic carbocycles. The van der Waals surface area contributed by atoms with Gasteiger partial charge in [0.15, 0.2) is 5.57 Å². The van der Waals surface area contributed by atoms with Gasteiger partial charge in [0.25, 0.3) is 5.56 Å². The highest BCUT2D eigenvalue weighted by Crippen LogP contribution is 2.17. The largest absolute Gasteiger partial charge is 0.492 e. The lowest BCUT2D eigenvalue weighted by molar-refractivity contribution is -0.130. The van der Waals surface area contributed by atoms with Crippen LogP contribution in [0.15, 0.2) is 29.1 Å². The molecule has 0 radical (unpaired) electrons. The number of carboxylic acids is 1. The van der Waals surface area contributed by atoms with Crippen LogP contribution in [0.3, 0.4) is 0 Å². The minimum atomic E-state index is -1.35.